The van der Waals surface area contributed by atoms with Gasteiger partial charge in [0.1, 0.15) is 11.6 Å². The zero-order chi connectivity index (χ0) is 22.4. The Morgan fingerprint density at radius 3 is 2.45 bits per heavy atom. The number of hydrogen-bond acceptors (Lipinski definition) is 5. The van der Waals surface area contributed by atoms with Gasteiger partial charge in [-0.15, -0.1) is 0 Å². The predicted molar refractivity (Wildman–Crippen MR) is 121 cm³/mol. The molecule has 0 spiro atoms. The molecule has 158 valence electrons. The molecule has 0 radical (unpaired) electrons. The number of ether oxygens (including phenoxy) is 1. The Bertz CT molecular complexity index is 1090. The van der Waals surface area contributed by atoms with Crippen molar-refractivity contribution >= 4 is 23.5 Å². The highest BCUT2D eigenvalue weighted by Crippen LogP contribution is 2.47. The standard InChI is InChI=1S/C26H26N2O3/c1-3-5-9-17(4-2)16-31-26(30)21-13-8-12-20-24(21)18-10-6-7-11-19(18)25(20)22(14-27)23(29)15-28/h6-8,10-13,15,17,28H,3-5,9,16H2,1-2H3. The summed E-state index contributed by atoms with van der Waals surface area (Å²) in [5, 5.41) is 16.9. The molecule has 0 saturated carbocycles. The van der Waals surface area contributed by atoms with E-state index in [1.54, 1.807) is 18.2 Å². The molecule has 0 heterocycles. The molecule has 5 nitrogen and oxygen atoms in total. The number of benzene rings is 2. The predicted octanol–water partition coefficient (Wildman–Crippen LogP) is 5.58. The Labute approximate surface area is 182 Å². The average molecular weight is 415 g/mol. The first kappa shape index (κ1) is 22.2. The minimum atomic E-state index is -0.658. The fourth-order valence-corrected chi connectivity index (χ4v) is 4.03. The summed E-state index contributed by atoms with van der Waals surface area (Å²) in [5.74, 6) is -0.728. The summed E-state index contributed by atoms with van der Waals surface area (Å²) < 4.78 is 5.69. The Balaban J connectivity index is 2.06. The Hall–Kier alpha value is -3.52. The van der Waals surface area contributed by atoms with E-state index in [2.05, 4.69) is 13.8 Å². The van der Waals surface area contributed by atoms with Gasteiger partial charge in [0.15, 0.2) is 0 Å². The van der Waals surface area contributed by atoms with Crippen LogP contribution in [-0.4, -0.2) is 24.6 Å². The minimum absolute atomic E-state index is 0.0997. The van der Waals surface area contributed by atoms with Crippen molar-refractivity contribution < 1.29 is 14.3 Å². The van der Waals surface area contributed by atoms with Crippen molar-refractivity contribution in [1.82, 2.24) is 0 Å². The summed E-state index contributed by atoms with van der Waals surface area (Å²) in [6, 6.07) is 14.6. The molecule has 2 aromatic rings. The molecule has 1 N–H and O–H groups in total. The molecule has 0 aromatic heterocycles. The van der Waals surface area contributed by atoms with Crippen LogP contribution in [0.5, 0.6) is 0 Å². The van der Waals surface area contributed by atoms with E-state index < -0.39 is 11.8 Å². The van der Waals surface area contributed by atoms with Crippen LogP contribution in [0.25, 0.3) is 16.7 Å². The van der Waals surface area contributed by atoms with Gasteiger partial charge in [-0.05, 0) is 35.1 Å². The minimum Gasteiger partial charge on any atom is -0.462 e. The van der Waals surface area contributed by atoms with Gasteiger partial charge in [0.2, 0.25) is 5.78 Å². The quantitative estimate of drug-likeness (QED) is 0.214. The lowest BCUT2D eigenvalue weighted by Gasteiger charge is -2.16. The molecule has 0 aliphatic heterocycles. The van der Waals surface area contributed by atoms with Gasteiger partial charge in [0, 0.05) is 11.1 Å². The molecule has 1 unspecified atom stereocenters. The molecule has 5 heteroatoms. The zero-order valence-electron chi connectivity index (χ0n) is 17.9. The number of nitriles is 1. The van der Waals surface area contributed by atoms with Crippen molar-refractivity contribution in [3.05, 3.63) is 64.7 Å². The van der Waals surface area contributed by atoms with Gasteiger partial charge in [0.05, 0.1) is 18.4 Å². The number of carbonyl (C=O) groups excluding carboxylic acids is 2. The number of hydrogen-bond donors (Lipinski definition) is 1. The highest BCUT2D eigenvalue weighted by molar-refractivity contribution is 6.38. The number of Topliss-reactive ketones (excluding diaryl/α,β-unsaturated/α-hetero) is 1. The second-order valence-electron chi connectivity index (χ2n) is 7.66. The van der Waals surface area contributed by atoms with E-state index >= 15 is 0 Å². The molecule has 0 fully saturated rings. The van der Waals surface area contributed by atoms with E-state index in [1.165, 1.54) is 0 Å². The fraction of sp³-hybridized carbons (Fsp3) is 0.308. The van der Waals surface area contributed by atoms with Crippen LogP contribution in [0.2, 0.25) is 0 Å². The maximum absolute atomic E-state index is 13.0. The largest absolute Gasteiger partial charge is 0.462 e. The van der Waals surface area contributed by atoms with Crippen molar-refractivity contribution in [2.24, 2.45) is 5.92 Å². The molecular weight excluding hydrogens is 388 g/mol. The van der Waals surface area contributed by atoms with Gasteiger partial charge in [-0.1, -0.05) is 69.5 Å². The summed E-state index contributed by atoms with van der Waals surface area (Å²) >= 11 is 0. The number of unbranched alkanes of at least 4 members (excludes halogenated alkanes) is 1. The van der Waals surface area contributed by atoms with Crippen molar-refractivity contribution in [3.63, 3.8) is 0 Å². The van der Waals surface area contributed by atoms with E-state index in [1.807, 2.05) is 30.3 Å². The number of nitrogens with zero attached hydrogens (tertiary/aromatic N) is 1. The second kappa shape index (κ2) is 9.99. The van der Waals surface area contributed by atoms with Gasteiger partial charge in [-0.3, -0.25) is 4.79 Å². The summed E-state index contributed by atoms with van der Waals surface area (Å²) in [7, 11) is 0. The number of nitrogens with one attached hydrogen (secondary N) is 1. The average Bonchev–Trinajstić information content (AvgIpc) is 3.14. The lowest BCUT2D eigenvalue weighted by atomic mass is 9.95. The fourth-order valence-electron chi connectivity index (χ4n) is 4.03. The van der Waals surface area contributed by atoms with E-state index in [0.29, 0.717) is 46.6 Å². The molecular formula is C26H26N2O3. The summed E-state index contributed by atoms with van der Waals surface area (Å²) in [6.45, 7) is 4.62. The van der Waals surface area contributed by atoms with Gasteiger partial charge >= 0.3 is 5.97 Å². The van der Waals surface area contributed by atoms with Crippen molar-refractivity contribution in [2.75, 3.05) is 6.61 Å². The number of rotatable bonds is 9. The monoisotopic (exact) mass is 414 g/mol. The van der Waals surface area contributed by atoms with Crippen LogP contribution in [0, 0.1) is 22.7 Å². The molecule has 1 aliphatic rings. The highest BCUT2D eigenvalue weighted by Gasteiger charge is 2.31. The number of ketones is 1. The maximum Gasteiger partial charge on any atom is 0.338 e. The number of fused-ring (bicyclic) bond motifs is 3. The first-order valence-electron chi connectivity index (χ1n) is 10.7. The summed E-state index contributed by atoms with van der Waals surface area (Å²) in [5.41, 5.74) is 3.58. The van der Waals surface area contributed by atoms with Gasteiger partial charge in [-0.2, -0.15) is 5.26 Å². The van der Waals surface area contributed by atoms with Crippen molar-refractivity contribution in [2.45, 2.75) is 39.5 Å². The lowest BCUT2D eigenvalue weighted by Crippen LogP contribution is -2.15. The van der Waals surface area contributed by atoms with Crippen LogP contribution >= 0.6 is 0 Å². The van der Waals surface area contributed by atoms with Crippen LogP contribution in [-0.2, 0) is 9.53 Å². The Morgan fingerprint density at radius 1 is 1.10 bits per heavy atom. The van der Waals surface area contributed by atoms with Crippen LogP contribution < -0.4 is 0 Å². The third-order valence-corrected chi connectivity index (χ3v) is 5.75. The van der Waals surface area contributed by atoms with Gasteiger partial charge in [-0.25, -0.2) is 4.79 Å². The molecule has 1 atom stereocenters. The van der Waals surface area contributed by atoms with Gasteiger partial charge < -0.3 is 10.1 Å². The maximum atomic E-state index is 13.0. The van der Waals surface area contributed by atoms with Crippen LogP contribution in [0.4, 0.5) is 0 Å². The van der Waals surface area contributed by atoms with Crippen LogP contribution in [0.3, 0.4) is 0 Å². The zero-order valence-corrected chi connectivity index (χ0v) is 17.9. The van der Waals surface area contributed by atoms with Crippen molar-refractivity contribution in [3.8, 4) is 17.2 Å². The van der Waals surface area contributed by atoms with Crippen LogP contribution in [0.15, 0.2) is 48.0 Å². The smallest absolute Gasteiger partial charge is 0.338 e. The van der Waals surface area contributed by atoms with E-state index in [9.17, 15) is 14.9 Å². The van der Waals surface area contributed by atoms with Gasteiger partial charge in [0.25, 0.3) is 0 Å². The topological polar surface area (TPSA) is 91.0 Å². The van der Waals surface area contributed by atoms with Crippen LogP contribution in [0.1, 0.15) is 61.0 Å². The molecule has 1 aliphatic carbocycles. The van der Waals surface area contributed by atoms with E-state index in [0.717, 1.165) is 31.2 Å². The third-order valence-electron chi connectivity index (χ3n) is 5.75. The molecule has 0 bridgehead atoms. The third kappa shape index (κ3) is 4.34. The molecule has 2 aromatic carbocycles. The first-order chi connectivity index (χ1) is 15.1. The van der Waals surface area contributed by atoms with E-state index in [4.69, 9.17) is 10.1 Å². The van der Waals surface area contributed by atoms with Crippen molar-refractivity contribution in [1.29, 1.82) is 10.7 Å². The molecule has 0 amide bonds. The lowest BCUT2D eigenvalue weighted by molar-refractivity contribution is -0.109. The molecule has 3 rings (SSSR count). The SMILES string of the molecule is CCCCC(CC)COC(=O)c1cccc2c1-c1ccccc1C2=C(C#N)C(=O)C=N. The molecule has 31 heavy (non-hydrogen) atoms. The Kier molecular flexibility index (Phi) is 7.15. The highest BCUT2D eigenvalue weighted by atomic mass is 16.5. The number of allylic oxidation sites excluding steroid dienone is 1. The normalized spacial score (nSPS) is 14.1. The Morgan fingerprint density at radius 2 is 1.81 bits per heavy atom. The number of carbonyl (C=O) groups is 2. The molecule has 0 saturated heterocycles. The summed E-state index contributed by atoms with van der Waals surface area (Å²) in [6.07, 6.45) is 4.84. The second-order valence-corrected chi connectivity index (χ2v) is 7.66. The van der Waals surface area contributed by atoms with E-state index in [-0.39, 0.29) is 5.57 Å². The first-order valence-corrected chi connectivity index (χ1v) is 10.7. The summed E-state index contributed by atoms with van der Waals surface area (Å²) in [4.78, 5) is 25.3. The number of esters is 1.